The number of halogens is 1. The Hall–Kier alpha value is -3.29. The molecule has 4 rings (SSSR count). The zero-order chi connectivity index (χ0) is 27.4. The van der Waals surface area contributed by atoms with Crippen molar-refractivity contribution in [1.82, 2.24) is 19.2 Å². The predicted octanol–water partition coefficient (Wildman–Crippen LogP) is 2.41. The highest BCUT2D eigenvalue weighted by molar-refractivity contribution is 7.81. The summed E-state index contributed by atoms with van der Waals surface area (Å²) in [6.07, 6.45) is 5.91. The van der Waals surface area contributed by atoms with E-state index in [1.807, 2.05) is 6.07 Å². The van der Waals surface area contributed by atoms with Gasteiger partial charge in [-0.25, -0.2) is 17.9 Å². The molecule has 1 unspecified atom stereocenters. The number of benzene rings is 1. The molecule has 11 nitrogen and oxygen atoms in total. The lowest BCUT2D eigenvalue weighted by Gasteiger charge is -2.37. The first-order chi connectivity index (χ1) is 18.2. The molecular weight excluding hydrogens is 511 g/mol. The molecule has 0 radical (unpaired) electrons. The number of hydrogen-bond acceptors (Lipinski definition) is 9. The molecule has 2 aromatic rings. The van der Waals surface area contributed by atoms with Gasteiger partial charge in [-0.3, -0.25) is 4.79 Å². The van der Waals surface area contributed by atoms with Crippen LogP contribution in [0.4, 0.5) is 33.2 Å². The average molecular weight is 547 g/mol. The van der Waals surface area contributed by atoms with E-state index in [2.05, 4.69) is 56.4 Å². The Morgan fingerprint density at radius 3 is 2.58 bits per heavy atom. The molecule has 3 heterocycles. The number of nitrogens with zero attached hydrogens (tertiary/aromatic N) is 5. The van der Waals surface area contributed by atoms with Crippen molar-refractivity contribution in [3.8, 4) is 5.75 Å². The minimum absolute atomic E-state index is 0.0496. The molecular formula is C25H35FN8O3S. The minimum atomic E-state index is -1.06. The SMILES string of the molecule is C=CC(=O)Nc1cc(Nc2ncc(F)c(NC3CN(S(C)=O)C3)n2)c(OC)cc1N1CCC(N(C)C)CC1. The Labute approximate surface area is 225 Å². The number of ether oxygens (including phenoxy) is 1. The first kappa shape index (κ1) is 27.7. The quantitative estimate of drug-likeness (QED) is 0.387. The van der Waals surface area contributed by atoms with Gasteiger partial charge in [-0.05, 0) is 39.1 Å². The van der Waals surface area contributed by atoms with Crippen LogP contribution >= 0.6 is 0 Å². The van der Waals surface area contributed by atoms with Crippen LogP contribution in [0.25, 0.3) is 0 Å². The van der Waals surface area contributed by atoms with E-state index >= 15 is 0 Å². The molecule has 1 amide bonds. The summed E-state index contributed by atoms with van der Waals surface area (Å²) in [7, 11) is 4.68. The molecule has 2 fully saturated rings. The third kappa shape index (κ3) is 6.40. The van der Waals surface area contributed by atoms with Crippen molar-refractivity contribution in [2.24, 2.45) is 0 Å². The second-order valence-electron chi connectivity index (χ2n) is 9.57. The third-order valence-corrected chi connectivity index (χ3v) is 7.86. The van der Waals surface area contributed by atoms with Gasteiger partial charge >= 0.3 is 0 Å². The Morgan fingerprint density at radius 2 is 1.97 bits per heavy atom. The summed E-state index contributed by atoms with van der Waals surface area (Å²) in [5.74, 6) is -0.197. The number of amides is 1. The Bertz CT molecular complexity index is 1200. The zero-order valence-corrected chi connectivity index (χ0v) is 23.0. The first-order valence-corrected chi connectivity index (χ1v) is 13.9. The fraction of sp³-hybridized carbons (Fsp3) is 0.480. The highest BCUT2D eigenvalue weighted by atomic mass is 32.2. The van der Waals surface area contributed by atoms with E-state index in [0.29, 0.717) is 36.3 Å². The van der Waals surface area contributed by atoms with Crippen molar-refractivity contribution >= 4 is 45.7 Å². The van der Waals surface area contributed by atoms with Gasteiger partial charge in [-0.1, -0.05) is 6.58 Å². The summed E-state index contributed by atoms with van der Waals surface area (Å²) in [6, 6.07) is 4.06. The van der Waals surface area contributed by atoms with Crippen LogP contribution in [-0.4, -0.2) is 95.0 Å². The Morgan fingerprint density at radius 1 is 1.26 bits per heavy atom. The summed E-state index contributed by atoms with van der Waals surface area (Å²) in [5, 5.41) is 9.04. The number of aromatic nitrogens is 2. The molecule has 0 spiro atoms. The second kappa shape index (κ2) is 12.0. The molecule has 1 aromatic carbocycles. The maximum absolute atomic E-state index is 14.4. The number of rotatable bonds is 10. The van der Waals surface area contributed by atoms with E-state index < -0.39 is 16.8 Å². The van der Waals surface area contributed by atoms with Gasteiger partial charge in [0.1, 0.15) is 5.75 Å². The van der Waals surface area contributed by atoms with Crippen LogP contribution in [0.2, 0.25) is 0 Å². The van der Waals surface area contributed by atoms with Crippen LogP contribution in [0.15, 0.2) is 31.0 Å². The second-order valence-corrected chi connectivity index (χ2v) is 10.9. The third-order valence-electron chi connectivity index (χ3n) is 6.84. The highest BCUT2D eigenvalue weighted by Gasteiger charge is 2.30. The predicted molar refractivity (Wildman–Crippen MR) is 149 cm³/mol. The number of carbonyl (C=O) groups excluding carboxylic acids is 1. The smallest absolute Gasteiger partial charge is 0.247 e. The molecule has 2 aliphatic rings. The Kier molecular flexibility index (Phi) is 8.80. The minimum Gasteiger partial charge on any atom is -0.494 e. The summed E-state index contributed by atoms with van der Waals surface area (Å²) in [5.41, 5.74) is 1.93. The molecule has 13 heteroatoms. The standard InChI is InChI=1S/C25H35FN8O3S/c1-6-23(35)29-19-11-20(22(37-4)12-21(19)33-9-7-17(8-10-33)32(2)3)30-25-27-13-18(26)24(31-25)28-16-14-34(15-16)38(5)36/h6,11-13,16-17H,1,7-10,14-15H2,2-5H3,(H,29,35)(H2,27,28,30,31). The van der Waals surface area contributed by atoms with Crippen LogP contribution in [-0.2, 0) is 15.8 Å². The van der Waals surface area contributed by atoms with Crippen LogP contribution in [0.1, 0.15) is 12.8 Å². The number of hydrogen-bond donors (Lipinski definition) is 3. The molecule has 0 saturated carbocycles. The van der Waals surface area contributed by atoms with Crippen molar-refractivity contribution in [1.29, 1.82) is 0 Å². The van der Waals surface area contributed by atoms with Gasteiger partial charge in [0.25, 0.3) is 0 Å². The topological polar surface area (TPSA) is 115 Å². The number of anilines is 5. The van der Waals surface area contributed by atoms with Crippen molar-refractivity contribution in [2.75, 3.05) is 74.5 Å². The van der Waals surface area contributed by atoms with E-state index in [4.69, 9.17) is 4.74 Å². The van der Waals surface area contributed by atoms with Gasteiger partial charge in [0.2, 0.25) is 11.9 Å². The number of nitrogens with one attached hydrogen (secondary N) is 3. The van der Waals surface area contributed by atoms with Gasteiger partial charge in [0.15, 0.2) is 11.6 Å². The lowest BCUT2D eigenvalue weighted by molar-refractivity contribution is -0.111. The molecule has 3 N–H and O–H groups in total. The van der Waals surface area contributed by atoms with Crippen molar-refractivity contribution < 1.29 is 18.1 Å². The fourth-order valence-corrected chi connectivity index (χ4v) is 5.37. The van der Waals surface area contributed by atoms with Gasteiger partial charge < -0.3 is 30.5 Å². The molecule has 0 aliphatic carbocycles. The van der Waals surface area contributed by atoms with Crippen molar-refractivity contribution in [2.45, 2.75) is 24.9 Å². The van der Waals surface area contributed by atoms with E-state index in [-0.39, 0.29) is 23.7 Å². The van der Waals surface area contributed by atoms with Crippen LogP contribution < -0.4 is 25.6 Å². The highest BCUT2D eigenvalue weighted by Crippen LogP contribution is 2.39. The van der Waals surface area contributed by atoms with Crippen molar-refractivity contribution in [3.63, 3.8) is 0 Å². The fourth-order valence-electron chi connectivity index (χ4n) is 4.59. The summed E-state index contributed by atoms with van der Waals surface area (Å²) in [4.78, 5) is 25.1. The maximum Gasteiger partial charge on any atom is 0.247 e. The van der Waals surface area contributed by atoms with Gasteiger partial charge in [-0.15, -0.1) is 0 Å². The zero-order valence-electron chi connectivity index (χ0n) is 22.2. The number of methoxy groups -OCH3 is 1. The number of carbonyl (C=O) groups is 1. The van der Waals surface area contributed by atoms with Crippen LogP contribution in [0, 0.1) is 5.82 Å². The largest absolute Gasteiger partial charge is 0.494 e. The first-order valence-electron chi connectivity index (χ1n) is 12.4. The maximum atomic E-state index is 14.4. The Balaban J connectivity index is 1.58. The monoisotopic (exact) mass is 546 g/mol. The van der Waals surface area contributed by atoms with Gasteiger partial charge in [0, 0.05) is 44.5 Å². The molecule has 206 valence electrons. The summed E-state index contributed by atoms with van der Waals surface area (Å²) in [6.45, 7) is 6.29. The average Bonchev–Trinajstić information content (AvgIpc) is 2.87. The van der Waals surface area contributed by atoms with E-state index in [9.17, 15) is 13.4 Å². The van der Waals surface area contributed by atoms with Crippen LogP contribution in [0.5, 0.6) is 5.75 Å². The molecule has 0 bridgehead atoms. The summed E-state index contributed by atoms with van der Waals surface area (Å²) >= 11 is 0. The van der Waals surface area contributed by atoms with E-state index in [0.717, 1.165) is 37.8 Å². The molecule has 38 heavy (non-hydrogen) atoms. The van der Waals surface area contributed by atoms with Gasteiger partial charge in [0.05, 0.1) is 47.4 Å². The van der Waals surface area contributed by atoms with Crippen LogP contribution in [0.3, 0.4) is 0 Å². The van der Waals surface area contributed by atoms with E-state index in [1.54, 1.807) is 23.7 Å². The molecule has 2 aliphatic heterocycles. The van der Waals surface area contributed by atoms with Gasteiger partial charge in [-0.2, -0.15) is 4.98 Å². The molecule has 1 atom stereocenters. The van der Waals surface area contributed by atoms with Crippen molar-refractivity contribution in [3.05, 3.63) is 36.8 Å². The number of piperidine rings is 1. The molecule has 1 aromatic heterocycles. The lowest BCUT2D eigenvalue weighted by Crippen LogP contribution is -2.55. The normalized spacial score (nSPS) is 17.6. The summed E-state index contributed by atoms with van der Waals surface area (Å²) < 4.78 is 33.4. The molecule has 2 saturated heterocycles. The lowest BCUT2D eigenvalue weighted by atomic mass is 10.0. The van der Waals surface area contributed by atoms with E-state index in [1.165, 1.54) is 6.08 Å².